The second-order valence-electron chi connectivity index (χ2n) is 6.25. The summed E-state index contributed by atoms with van der Waals surface area (Å²) in [4.78, 5) is 9.61. The Balaban J connectivity index is 2.33. The van der Waals surface area contributed by atoms with Gasteiger partial charge in [0.15, 0.2) is 5.96 Å². The van der Waals surface area contributed by atoms with E-state index in [2.05, 4.69) is 42.6 Å². The first-order chi connectivity index (χ1) is 10.7. The number of guanidine groups is 1. The zero-order valence-electron chi connectivity index (χ0n) is 15.0. The van der Waals surface area contributed by atoms with Crippen molar-refractivity contribution in [1.29, 1.82) is 0 Å². The molecule has 4 nitrogen and oxygen atoms in total. The lowest BCUT2D eigenvalue weighted by Gasteiger charge is -2.30. The Morgan fingerprint density at radius 2 is 2.09 bits per heavy atom. The van der Waals surface area contributed by atoms with Crippen LogP contribution in [0, 0.1) is 5.92 Å². The van der Waals surface area contributed by atoms with E-state index < -0.39 is 0 Å². The van der Waals surface area contributed by atoms with Gasteiger partial charge in [0.25, 0.3) is 0 Å². The molecule has 1 saturated heterocycles. The number of rotatable bonds is 9. The number of nitrogens with zero attached hydrogens (tertiary/aromatic N) is 3. The topological polar surface area (TPSA) is 30.9 Å². The lowest BCUT2D eigenvalue weighted by Crippen LogP contribution is -2.39. The second kappa shape index (κ2) is 11.5. The normalized spacial score (nSPS) is 17.5. The van der Waals surface area contributed by atoms with E-state index in [-0.39, 0.29) is 0 Å². The SMILES string of the molecule is C=CCCCN(C)C(=NCCC1CCN(CC)CC1)NCC. The molecular weight excluding hydrogens is 272 g/mol. The van der Waals surface area contributed by atoms with Crippen LogP contribution in [0.4, 0.5) is 0 Å². The molecule has 1 rings (SSSR count). The Hall–Kier alpha value is -1.03. The number of nitrogens with one attached hydrogen (secondary N) is 1. The van der Waals surface area contributed by atoms with Crippen molar-refractivity contribution < 1.29 is 0 Å². The predicted octanol–water partition coefficient (Wildman–Crippen LogP) is 2.97. The van der Waals surface area contributed by atoms with Gasteiger partial charge in [-0.1, -0.05) is 13.0 Å². The molecular formula is C18H36N4. The van der Waals surface area contributed by atoms with Gasteiger partial charge in [0, 0.05) is 26.7 Å². The zero-order valence-corrected chi connectivity index (χ0v) is 15.0. The highest BCUT2D eigenvalue weighted by molar-refractivity contribution is 5.79. The summed E-state index contributed by atoms with van der Waals surface area (Å²) in [5, 5.41) is 3.41. The fourth-order valence-electron chi connectivity index (χ4n) is 2.99. The van der Waals surface area contributed by atoms with Crippen LogP contribution in [0.1, 0.15) is 46.0 Å². The molecule has 1 aliphatic heterocycles. The lowest BCUT2D eigenvalue weighted by molar-refractivity contribution is 0.188. The minimum atomic E-state index is 0.862. The van der Waals surface area contributed by atoms with Crippen LogP contribution >= 0.6 is 0 Å². The molecule has 0 aromatic rings. The van der Waals surface area contributed by atoms with Crippen molar-refractivity contribution in [3.05, 3.63) is 12.7 Å². The van der Waals surface area contributed by atoms with Gasteiger partial charge in [0.2, 0.25) is 0 Å². The largest absolute Gasteiger partial charge is 0.357 e. The van der Waals surface area contributed by atoms with E-state index in [1.165, 1.54) is 38.9 Å². The van der Waals surface area contributed by atoms with Gasteiger partial charge in [0.05, 0.1) is 0 Å². The first-order valence-electron chi connectivity index (χ1n) is 9.03. The van der Waals surface area contributed by atoms with Crippen LogP contribution in [0.2, 0.25) is 0 Å². The number of hydrogen-bond donors (Lipinski definition) is 1. The Bertz CT molecular complexity index is 319. The number of unbranched alkanes of at least 4 members (excludes halogenated alkanes) is 1. The van der Waals surface area contributed by atoms with Crippen molar-refractivity contribution in [2.75, 3.05) is 46.3 Å². The van der Waals surface area contributed by atoms with Gasteiger partial charge in [-0.05, 0) is 64.6 Å². The van der Waals surface area contributed by atoms with Crippen molar-refractivity contribution in [1.82, 2.24) is 15.1 Å². The van der Waals surface area contributed by atoms with E-state index in [1.54, 1.807) is 0 Å². The first-order valence-corrected chi connectivity index (χ1v) is 9.03. The number of piperidine rings is 1. The highest BCUT2D eigenvalue weighted by Crippen LogP contribution is 2.20. The molecule has 1 N–H and O–H groups in total. The molecule has 0 spiro atoms. The van der Waals surface area contributed by atoms with Crippen LogP contribution in [-0.2, 0) is 0 Å². The van der Waals surface area contributed by atoms with Gasteiger partial charge < -0.3 is 15.1 Å². The number of allylic oxidation sites excluding steroid dienone is 1. The quantitative estimate of drug-likeness (QED) is 0.307. The van der Waals surface area contributed by atoms with Crippen LogP contribution in [0.25, 0.3) is 0 Å². The van der Waals surface area contributed by atoms with Crippen LogP contribution in [-0.4, -0.2) is 62.1 Å². The number of aliphatic imine (C=N–C) groups is 1. The molecule has 1 aliphatic rings. The summed E-state index contributed by atoms with van der Waals surface area (Å²) in [5.41, 5.74) is 0. The average Bonchev–Trinajstić information content (AvgIpc) is 2.55. The first kappa shape index (κ1) is 19.0. The molecule has 0 aliphatic carbocycles. The smallest absolute Gasteiger partial charge is 0.193 e. The molecule has 0 aromatic carbocycles. The predicted molar refractivity (Wildman–Crippen MR) is 97.5 cm³/mol. The minimum absolute atomic E-state index is 0.862. The summed E-state index contributed by atoms with van der Waals surface area (Å²) in [7, 11) is 2.13. The van der Waals surface area contributed by atoms with E-state index >= 15 is 0 Å². The standard InChI is InChI=1S/C18H36N4/c1-5-8-9-14-21(4)18(19-6-2)20-13-10-17-11-15-22(7-3)16-12-17/h5,17H,1,6-16H2,2-4H3,(H,19,20). The molecule has 0 amide bonds. The van der Waals surface area contributed by atoms with Crippen molar-refractivity contribution in [2.45, 2.75) is 46.0 Å². The molecule has 128 valence electrons. The van der Waals surface area contributed by atoms with Crippen molar-refractivity contribution >= 4 is 5.96 Å². The Morgan fingerprint density at radius 1 is 1.36 bits per heavy atom. The van der Waals surface area contributed by atoms with E-state index in [4.69, 9.17) is 4.99 Å². The van der Waals surface area contributed by atoms with Gasteiger partial charge >= 0.3 is 0 Å². The van der Waals surface area contributed by atoms with Gasteiger partial charge in [-0.2, -0.15) is 0 Å². The molecule has 0 bridgehead atoms. The van der Waals surface area contributed by atoms with Crippen LogP contribution in [0.3, 0.4) is 0 Å². The lowest BCUT2D eigenvalue weighted by atomic mass is 9.94. The highest BCUT2D eigenvalue weighted by Gasteiger charge is 2.17. The summed E-state index contributed by atoms with van der Waals surface area (Å²) >= 11 is 0. The van der Waals surface area contributed by atoms with Gasteiger partial charge in [-0.3, -0.25) is 4.99 Å². The Morgan fingerprint density at radius 3 is 2.68 bits per heavy atom. The molecule has 0 saturated carbocycles. The molecule has 0 radical (unpaired) electrons. The third-order valence-corrected chi connectivity index (χ3v) is 4.55. The molecule has 1 fully saturated rings. The van der Waals surface area contributed by atoms with E-state index in [0.717, 1.165) is 44.4 Å². The Kier molecular flexibility index (Phi) is 9.96. The van der Waals surface area contributed by atoms with Gasteiger partial charge in [-0.25, -0.2) is 0 Å². The summed E-state index contributed by atoms with van der Waals surface area (Å²) in [6, 6.07) is 0. The maximum Gasteiger partial charge on any atom is 0.193 e. The molecule has 4 heteroatoms. The Labute approximate surface area is 137 Å². The molecule has 1 heterocycles. The monoisotopic (exact) mass is 308 g/mol. The van der Waals surface area contributed by atoms with E-state index in [1.807, 2.05) is 6.08 Å². The second-order valence-corrected chi connectivity index (χ2v) is 6.25. The number of hydrogen-bond acceptors (Lipinski definition) is 2. The minimum Gasteiger partial charge on any atom is -0.357 e. The summed E-state index contributed by atoms with van der Waals surface area (Å²) in [5.74, 6) is 1.91. The third-order valence-electron chi connectivity index (χ3n) is 4.55. The van der Waals surface area contributed by atoms with Gasteiger partial charge in [-0.15, -0.1) is 6.58 Å². The van der Waals surface area contributed by atoms with E-state index in [0.29, 0.717) is 0 Å². The maximum atomic E-state index is 4.82. The van der Waals surface area contributed by atoms with Crippen LogP contribution in [0.15, 0.2) is 17.6 Å². The van der Waals surface area contributed by atoms with Crippen molar-refractivity contribution in [3.63, 3.8) is 0 Å². The fraction of sp³-hybridized carbons (Fsp3) is 0.833. The van der Waals surface area contributed by atoms with Crippen LogP contribution < -0.4 is 5.32 Å². The zero-order chi connectivity index (χ0) is 16.2. The highest BCUT2D eigenvalue weighted by atomic mass is 15.3. The summed E-state index contributed by atoms with van der Waals surface area (Å²) in [6.45, 7) is 14.8. The molecule has 22 heavy (non-hydrogen) atoms. The van der Waals surface area contributed by atoms with Gasteiger partial charge in [0.1, 0.15) is 0 Å². The maximum absolute atomic E-state index is 4.82. The van der Waals surface area contributed by atoms with E-state index in [9.17, 15) is 0 Å². The average molecular weight is 309 g/mol. The van der Waals surface area contributed by atoms with Crippen molar-refractivity contribution in [2.24, 2.45) is 10.9 Å². The number of likely N-dealkylation sites (tertiary alicyclic amines) is 1. The molecule has 0 aromatic heterocycles. The third kappa shape index (κ3) is 7.30. The summed E-state index contributed by atoms with van der Waals surface area (Å²) in [6.07, 6.45) is 8.11. The summed E-state index contributed by atoms with van der Waals surface area (Å²) < 4.78 is 0. The van der Waals surface area contributed by atoms with Crippen LogP contribution in [0.5, 0.6) is 0 Å². The fourth-order valence-corrected chi connectivity index (χ4v) is 2.99. The molecule has 0 unspecified atom stereocenters. The van der Waals surface area contributed by atoms with Crippen molar-refractivity contribution in [3.8, 4) is 0 Å². The molecule has 0 atom stereocenters.